The third-order valence-corrected chi connectivity index (χ3v) is 3.98. The molecular weight excluding hydrogens is 264 g/mol. The zero-order valence-electron chi connectivity index (χ0n) is 12.3. The van der Waals surface area contributed by atoms with Crippen LogP contribution in [0.2, 0.25) is 0 Å². The van der Waals surface area contributed by atoms with Gasteiger partial charge in [-0.15, -0.1) is 0 Å². The van der Waals surface area contributed by atoms with Crippen LogP contribution in [0.4, 0.5) is 5.69 Å². The number of furan rings is 1. The highest BCUT2D eigenvalue weighted by molar-refractivity contribution is 5.94. The minimum Gasteiger partial charge on any atom is -0.464 e. The SMILES string of the molecule is CNC(=O)c1cccc(NCc2ccc(C3CC3C)o2)c1. The van der Waals surface area contributed by atoms with E-state index in [0.717, 1.165) is 23.1 Å². The molecule has 3 rings (SSSR count). The van der Waals surface area contributed by atoms with Gasteiger partial charge in [-0.1, -0.05) is 13.0 Å². The summed E-state index contributed by atoms with van der Waals surface area (Å²) >= 11 is 0. The third-order valence-electron chi connectivity index (χ3n) is 3.98. The molecule has 0 aliphatic heterocycles. The Morgan fingerprint density at radius 2 is 2.14 bits per heavy atom. The van der Waals surface area contributed by atoms with Crippen molar-refractivity contribution >= 4 is 11.6 Å². The second kappa shape index (κ2) is 5.64. The van der Waals surface area contributed by atoms with E-state index in [9.17, 15) is 4.79 Å². The van der Waals surface area contributed by atoms with Crippen LogP contribution in [0, 0.1) is 5.92 Å². The quantitative estimate of drug-likeness (QED) is 0.885. The molecule has 2 atom stereocenters. The van der Waals surface area contributed by atoms with E-state index in [2.05, 4.69) is 23.6 Å². The lowest BCUT2D eigenvalue weighted by atomic mass is 10.2. The molecule has 2 aromatic rings. The van der Waals surface area contributed by atoms with Gasteiger partial charge in [-0.2, -0.15) is 0 Å². The second-order valence-electron chi connectivity index (χ2n) is 5.64. The maximum absolute atomic E-state index is 11.6. The lowest BCUT2D eigenvalue weighted by Crippen LogP contribution is -2.17. The molecule has 1 aliphatic carbocycles. The van der Waals surface area contributed by atoms with Crippen LogP contribution in [0.1, 0.15) is 41.1 Å². The zero-order chi connectivity index (χ0) is 14.8. The summed E-state index contributed by atoms with van der Waals surface area (Å²) in [6, 6.07) is 11.5. The van der Waals surface area contributed by atoms with Gasteiger partial charge in [0.15, 0.2) is 0 Å². The lowest BCUT2D eigenvalue weighted by molar-refractivity contribution is 0.0963. The van der Waals surface area contributed by atoms with E-state index in [1.807, 2.05) is 24.3 Å². The van der Waals surface area contributed by atoms with Crippen LogP contribution < -0.4 is 10.6 Å². The summed E-state index contributed by atoms with van der Waals surface area (Å²) in [5.41, 5.74) is 1.56. The molecule has 1 aromatic heterocycles. The fourth-order valence-corrected chi connectivity index (χ4v) is 2.51. The molecule has 0 radical (unpaired) electrons. The van der Waals surface area contributed by atoms with Crippen LogP contribution in [-0.4, -0.2) is 13.0 Å². The summed E-state index contributed by atoms with van der Waals surface area (Å²) in [6.45, 7) is 2.87. The van der Waals surface area contributed by atoms with Gasteiger partial charge in [0, 0.05) is 24.2 Å². The minimum atomic E-state index is -0.0818. The number of benzene rings is 1. The molecule has 1 saturated carbocycles. The van der Waals surface area contributed by atoms with Crippen LogP contribution in [0.3, 0.4) is 0 Å². The lowest BCUT2D eigenvalue weighted by Gasteiger charge is -2.06. The number of carbonyl (C=O) groups is 1. The van der Waals surface area contributed by atoms with Gasteiger partial charge in [0.25, 0.3) is 5.91 Å². The standard InChI is InChI=1S/C17H20N2O2/c1-11-8-15(11)16-7-6-14(21-16)10-19-13-5-3-4-12(9-13)17(20)18-2/h3-7,9,11,15,19H,8,10H2,1-2H3,(H,18,20). The molecule has 1 heterocycles. The normalized spacial score (nSPS) is 20.1. The van der Waals surface area contributed by atoms with Gasteiger partial charge in [0.1, 0.15) is 11.5 Å². The van der Waals surface area contributed by atoms with E-state index >= 15 is 0 Å². The monoisotopic (exact) mass is 284 g/mol. The summed E-state index contributed by atoms with van der Waals surface area (Å²) in [6.07, 6.45) is 1.23. The van der Waals surface area contributed by atoms with E-state index in [0.29, 0.717) is 18.0 Å². The third kappa shape index (κ3) is 3.10. The summed E-state index contributed by atoms with van der Waals surface area (Å²) in [4.78, 5) is 11.6. The predicted octanol–water partition coefficient (Wildman–Crippen LogP) is 3.37. The van der Waals surface area contributed by atoms with Crippen LogP contribution >= 0.6 is 0 Å². The maximum atomic E-state index is 11.6. The van der Waals surface area contributed by atoms with Crippen molar-refractivity contribution in [3.05, 3.63) is 53.5 Å². The molecule has 2 N–H and O–H groups in total. The topological polar surface area (TPSA) is 54.3 Å². The van der Waals surface area contributed by atoms with Crippen LogP contribution in [-0.2, 0) is 6.54 Å². The summed E-state index contributed by atoms with van der Waals surface area (Å²) < 4.78 is 5.86. The Hall–Kier alpha value is -2.23. The molecule has 1 aliphatic rings. The average Bonchev–Trinajstić information content (AvgIpc) is 3.06. The fraction of sp³-hybridized carbons (Fsp3) is 0.353. The van der Waals surface area contributed by atoms with E-state index in [-0.39, 0.29) is 5.91 Å². The Kier molecular flexibility index (Phi) is 3.69. The van der Waals surface area contributed by atoms with Gasteiger partial charge in [-0.05, 0) is 42.7 Å². The fourth-order valence-electron chi connectivity index (χ4n) is 2.51. The van der Waals surface area contributed by atoms with Crippen LogP contribution in [0.25, 0.3) is 0 Å². The van der Waals surface area contributed by atoms with Crippen LogP contribution in [0.15, 0.2) is 40.8 Å². The predicted molar refractivity (Wildman–Crippen MR) is 82.4 cm³/mol. The number of anilines is 1. The Labute approximate surface area is 124 Å². The van der Waals surface area contributed by atoms with Crippen molar-refractivity contribution in [1.82, 2.24) is 5.32 Å². The van der Waals surface area contributed by atoms with Gasteiger partial charge in [-0.3, -0.25) is 4.79 Å². The number of nitrogens with one attached hydrogen (secondary N) is 2. The van der Waals surface area contributed by atoms with Crippen molar-refractivity contribution in [2.75, 3.05) is 12.4 Å². The largest absolute Gasteiger partial charge is 0.464 e. The molecular formula is C17H20N2O2. The van der Waals surface area contributed by atoms with E-state index < -0.39 is 0 Å². The summed E-state index contributed by atoms with van der Waals surface area (Å²) in [5.74, 6) is 3.30. The Morgan fingerprint density at radius 3 is 2.86 bits per heavy atom. The van der Waals surface area contributed by atoms with E-state index in [1.165, 1.54) is 6.42 Å². The summed E-state index contributed by atoms with van der Waals surface area (Å²) in [5, 5.41) is 5.91. The van der Waals surface area contributed by atoms with Crippen molar-refractivity contribution in [3.63, 3.8) is 0 Å². The molecule has 4 nitrogen and oxygen atoms in total. The van der Waals surface area contributed by atoms with E-state index in [1.54, 1.807) is 13.1 Å². The zero-order valence-corrected chi connectivity index (χ0v) is 12.3. The molecule has 21 heavy (non-hydrogen) atoms. The molecule has 1 fully saturated rings. The van der Waals surface area contributed by atoms with Crippen molar-refractivity contribution in [1.29, 1.82) is 0 Å². The highest BCUT2D eigenvalue weighted by Crippen LogP contribution is 2.47. The van der Waals surface area contributed by atoms with E-state index in [4.69, 9.17) is 4.42 Å². The van der Waals surface area contributed by atoms with Gasteiger partial charge in [0.2, 0.25) is 0 Å². The Balaban J connectivity index is 1.62. The van der Waals surface area contributed by atoms with Crippen molar-refractivity contribution in [2.45, 2.75) is 25.8 Å². The Bertz CT molecular complexity index is 648. The summed E-state index contributed by atoms with van der Waals surface area (Å²) in [7, 11) is 1.63. The maximum Gasteiger partial charge on any atom is 0.251 e. The molecule has 0 saturated heterocycles. The number of carbonyl (C=O) groups excluding carboxylic acids is 1. The number of amides is 1. The van der Waals surface area contributed by atoms with Crippen molar-refractivity contribution in [3.8, 4) is 0 Å². The molecule has 4 heteroatoms. The van der Waals surface area contributed by atoms with Crippen molar-refractivity contribution in [2.24, 2.45) is 5.92 Å². The molecule has 0 spiro atoms. The second-order valence-corrected chi connectivity index (χ2v) is 5.64. The first kappa shape index (κ1) is 13.7. The minimum absolute atomic E-state index is 0.0818. The first-order valence-corrected chi connectivity index (χ1v) is 7.32. The average molecular weight is 284 g/mol. The van der Waals surface area contributed by atoms with Crippen LogP contribution in [0.5, 0.6) is 0 Å². The molecule has 1 aromatic carbocycles. The van der Waals surface area contributed by atoms with Gasteiger partial charge >= 0.3 is 0 Å². The smallest absolute Gasteiger partial charge is 0.251 e. The molecule has 2 unspecified atom stereocenters. The van der Waals surface area contributed by atoms with Gasteiger partial charge < -0.3 is 15.1 Å². The number of hydrogen-bond acceptors (Lipinski definition) is 3. The highest BCUT2D eigenvalue weighted by atomic mass is 16.3. The van der Waals surface area contributed by atoms with Gasteiger partial charge in [-0.25, -0.2) is 0 Å². The first-order valence-electron chi connectivity index (χ1n) is 7.32. The molecule has 0 bridgehead atoms. The number of hydrogen-bond donors (Lipinski definition) is 2. The highest BCUT2D eigenvalue weighted by Gasteiger charge is 2.36. The van der Waals surface area contributed by atoms with Crippen molar-refractivity contribution < 1.29 is 9.21 Å². The molecule has 1 amide bonds. The first-order chi connectivity index (χ1) is 10.2. The molecule has 110 valence electrons. The van der Waals surface area contributed by atoms with Gasteiger partial charge in [0.05, 0.1) is 6.54 Å². The Morgan fingerprint density at radius 1 is 1.33 bits per heavy atom. The number of rotatable bonds is 5.